The van der Waals surface area contributed by atoms with Crippen LogP contribution in [0.15, 0.2) is 12.7 Å². The Morgan fingerprint density at radius 3 is 2.47 bits per heavy atom. The summed E-state index contributed by atoms with van der Waals surface area (Å²) < 4.78 is 5.84. The van der Waals surface area contributed by atoms with Gasteiger partial charge in [-0.1, -0.05) is 25.8 Å². The molecule has 0 aliphatic heterocycles. The molecule has 0 heterocycles. The van der Waals surface area contributed by atoms with Crippen LogP contribution in [0.4, 0.5) is 0 Å². The van der Waals surface area contributed by atoms with E-state index < -0.39 is 0 Å². The Morgan fingerprint density at radius 2 is 1.94 bits per heavy atom. The molecule has 2 heteroatoms. The van der Waals surface area contributed by atoms with Crippen LogP contribution in [0.5, 0.6) is 0 Å². The van der Waals surface area contributed by atoms with E-state index in [1.54, 1.807) is 0 Å². The van der Waals surface area contributed by atoms with Gasteiger partial charge >= 0.3 is 0 Å². The molecular weight excluding hydrogens is 210 g/mol. The Bertz CT molecular complexity index is 189. The molecule has 0 aromatic rings. The Labute approximate surface area is 108 Å². The summed E-state index contributed by atoms with van der Waals surface area (Å²) in [6, 6.07) is 0.455. The number of allylic oxidation sites excluding steroid dienone is 1. The summed E-state index contributed by atoms with van der Waals surface area (Å²) in [4.78, 5) is 0. The monoisotopic (exact) mass is 241 g/mol. The molecule has 2 nitrogen and oxygen atoms in total. The topological polar surface area (TPSA) is 21.3 Å². The molecule has 0 aromatic heterocycles. The van der Waals surface area contributed by atoms with Gasteiger partial charge < -0.3 is 10.1 Å². The van der Waals surface area contributed by atoms with E-state index in [0.29, 0.717) is 6.04 Å². The van der Waals surface area contributed by atoms with Crippen LogP contribution >= 0.6 is 0 Å². The molecule has 17 heavy (non-hydrogen) atoms. The average molecular weight is 241 g/mol. The van der Waals surface area contributed by atoms with Gasteiger partial charge in [0.2, 0.25) is 0 Å². The molecule has 0 aromatic carbocycles. The molecule has 1 N–H and O–H groups in total. The van der Waals surface area contributed by atoms with Crippen molar-refractivity contribution in [2.24, 2.45) is 0 Å². The zero-order valence-corrected chi connectivity index (χ0v) is 12.2. The number of nitrogens with one attached hydrogen (secondary N) is 1. The van der Waals surface area contributed by atoms with Crippen molar-refractivity contribution >= 4 is 0 Å². The van der Waals surface area contributed by atoms with Crippen molar-refractivity contribution in [3.8, 4) is 0 Å². The summed E-state index contributed by atoms with van der Waals surface area (Å²) in [5.41, 5.74) is -0.0663. The fraction of sp³-hybridized carbons (Fsp3) is 0.867. The SMILES string of the molecule is C=CCCCCCC(NCC)C(C)(C)OCC. The van der Waals surface area contributed by atoms with Crippen molar-refractivity contribution in [3.05, 3.63) is 12.7 Å². The first kappa shape index (κ1) is 16.7. The minimum atomic E-state index is -0.0663. The van der Waals surface area contributed by atoms with Gasteiger partial charge in [-0.05, 0) is 46.6 Å². The first-order valence-corrected chi connectivity index (χ1v) is 7.06. The minimum Gasteiger partial charge on any atom is -0.374 e. The Kier molecular flexibility index (Phi) is 9.47. The highest BCUT2D eigenvalue weighted by Crippen LogP contribution is 2.20. The average Bonchev–Trinajstić information content (AvgIpc) is 2.27. The van der Waals surface area contributed by atoms with Crippen molar-refractivity contribution in [2.45, 2.75) is 71.4 Å². The second-order valence-electron chi connectivity index (χ2n) is 5.07. The largest absolute Gasteiger partial charge is 0.374 e. The molecule has 1 unspecified atom stereocenters. The van der Waals surface area contributed by atoms with E-state index in [-0.39, 0.29) is 5.60 Å². The van der Waals surface area contributed by atoms with E-state index >= 15 is 0 Å². The third-order valence-corrected chi connectivity index (χ3v) is 3.21. The number of rotatable bonds is 11. The van der Waals surface area contributed by atoms with Gasteiger partial charge in [0.05, 0.1) is 5.60 Å². The van der Waals surface area contributed by atoms with Gasteiger partial charge in [-0.25, -0.2) is 0 Å². The lowest BCUT2D eigenvalue weighted by molar-refractivity contribution is -0.0402. The van der Waals surface area contributed by atoms with E-state index in [1.165, 1.54) is 25.7 Å². The second-order valence-corrected chi connectivity index (χ2v) is 5.07. The van der Waals surface area contributed by atoms with Crippen LogP contribution < -0.4 is 5.32 Å². The van der Waals surface area contributed by atoms with Gasteiger partial charge in [-0.2, -0.15) is 0 Å². The normalized spacial score (nSPS) is 13.6. The molecule has 0 spiro atoms. The molecule has 0 saturated heterocycles. The van der Waals surface area contributed by atoms with Gasteiger partial charge in [-0.3, -0.25) is 0 Å². The maximum Gasteiger partial charge on any atom is 0.0778 e. The van der Waals surface area contributed by atoms with Crippen molar-refractivity contribution in [1.82, 2.24) is 5.32 Å². The number of ether oxygens (including phenoxy) is 1. The molecule has 0 radical (unpaired) electrons. The van der Waals surface area contributed by atoms with Crippen LogP contribution in [0.25, 0.3) is 0 Å². The van der Waals surface area contributed by atoms with Gasteiger partial charge in [-0.15, -0.1) is 6.58 Å². The van der Waals surface area contributed by atoms with Crippen molar-refractivity contribution in [3.63, 3.8) is 0 Å². The third-order valence-electron chi connectivity index (χ3n) is 3.21. The fourth-order valence-electron chi connectivity index (χ4n) is 2.23. The first-order chi connectivity index (χ1) is 8.08. The maximum absolute atomic E-state index is 5.84. The van der Waals surface area contributed by atoms with Crippen LogP contribution in [0, 0.1) is 0 Å². The Morgan fingerprint density at radius 1 is 1.24 bits per heavy atom. The molecule has 0 rings (SSSR count). The van der Waals surface area contributed by atoms with Crippen LogP contribution in [0.3, 0.4) is 0 Å². The van der Waals surface area contributed by atoms with Crippen molar-refractivity contribution in [2.75, 3.05) is 13.2 Å². The Hall–Kier alpha value is -0.340. The molecule has 0 amide bonds. The van der Waals surface area contributed by atoms with Crippen molar-refractivity contribution in [1.29, 1.82) is 0 Å². The maximum atomic E-state index is 5.84. The standard InChI is InChI=1S/C15H31NO/c1-6-9-10-11-12-13-14(16-7-2)15(4,5)17-8-3/h6,14,16H,1,7-13H2,2-5H3. The minimum absolute atomic E-state index is 0.0663. The van der Waals surface area contributed by atoms with E-state index in [9.17, 15) is 0 Å². The van der Waals surface area contributed by atoms with Crippen LogP contribution in [0.1, 0.15) is 59.8 Å². The lowest BCUT2D eigenvalue weighted by Gasteiger charge is -2.35. The smallest absolute Gasteiger partial charge is 0.0778 e. The van der Waals surface area contributed by atoms with Gasteiger partial charge in [0.15, 0.2) is 0 Å². The zero-order valence-electron chi connectivity index (χ0n) is 12.2. The summed E-state index contributed by atoms with van der Waals surface area (Å²) in [6.07, 6.45) is 8.15. The van der Waals surface area contributed by atoms with E-state index in [2.05, 4.69) is 39.6 Å². The molecule has 0 aliphatic carbocycles. The quantitative estimate of drug-likeness (QED) is 0.437. The Balaban J connectivity index is 4.00. The molecular formula is C15H31NO. The zero-order chi connectivity index (χ0) is 13.1. The number of hydrogen-bond acceptors (Lipinski definition) is 2. The molecule has 1 atom stereocenters. The number of unbranched alkanes of at least 4 members (excludes halogenated alkanes) is 3. The third kappa shape index (κ3) is 7.56. The van der Waals surface area contributed by atoms with Crippen molar-refractivity contribution < 1.29 is 4.74 Å². The molecule has 0 saturated carbocycles. The lowest BCUT2D eigenvalue weighted by Crippen LogP contribution is -2.48. The predicted molar refractivity (Wildman–Crippen MR) is 76.5 cm³/mol. The predicted octanol–water partition coefficient (Wildman–Crippen LogP) is 3.92. The van der Waals surface area contributed by atoms with Crippen LogP contribution in [-0.2, 0) is 4.74 Å². The molecule has 0 fully saturated rings. The summed E-state index contributed by atoms with van der Waals surface area (Å²) >= 11 is 0. The summed E-state index contributed by atoms with van der Waals surface area (Å²) in [5.74, 6) is 0. The summed E-state index contributed by atoms with van der Waals surface area (Å²) in [7, 11) is 0. The molecule has 0 bridgehead atoms. The van der Waals surface area contributed by atoms with Gasteiger partial charge in [0.1, 0.15) is 0 Å². The highest BCUT2D eigenvalue weighted by atomic mass is 16.5. The highest BCUT2D eigenvalue weighted by Gasteiger charge is 2.28. The van der Waals surface area contributed by atoms with Crippen LogP contribution in [0.2, 0.25) is 0 Å². The summed E-state index contributed by atoms with van der Waals surface area (Å²) in [5, 5.41) is 3.55. The van der Waals surface area contributed by atoms with E-state index in [0.717, 1.165) is 19.6 Å². The van der Waals surface area contributed by atoms with Gasteiger partial charge in [0, 0.05) is 12.6 Å². The van der Waals surface area contributed by atoms with E-state index in [4.69, 9.17) is 4.74 Å². The van der Waals surface area contributed by atoms with E-state index in [1.807, 2.05) is 6.08 Å². The second kappa shape index (κ2) is 9.67. The fourth-order valence-corrected chi connectivity index (χ4v) is 2.23. The number of likely N-dealkylation sites (N-methyl/N-ethyl adjacent to an activating group) is 1. The first-order valence-electron chi connectivity index (χ1n) is 7.06. The number of hydrogen-bond donors (Lipinski definition) is 1. The molecule has 102 valence electrons. The van der Waals surface area contributed by atoms with Crippen LogP contribution in [-0.4, -0.2) is 24.8 Å². The highest BCUT2D eigenvalue weighted by molar-refractivity contribution is 4.85. The van der Waals surface area contributed by atoms with Gasteiger partial charge in [0.25, 0.3) is 0 Å². The summed E-state index contributed by atoms with van der Waals surface area (Å²) in [6.45, 7) is 14.1. The lowest BCUT2D eigenvalue weighted by atomic mass is 9.93. The molecule has 0 aliphatic rings.